The van der Waals surface area contributed by atoms with Crippen LogP contribution in [0.2, 0.25) is 0 Å². The van der Waals surface area contributed by atoms with Crippen molar-refractivity contribution in [2.45, 2.75) is 40.2 Å². The molecule has 1 atom stereocenters. The van der Waals surface area contributed by atoms with Crippen molar-refractivity contribution in [3.63, 3.8) is 0 Å². The highest BCUT2D eigenvalue weighted by Gasteiger charge is 2.29. The van der Waals surface area contributed by atoms with Crippen LogP contribution in [0.3, 0.4) is 0 Å². The number of rotatable bonds is 4. The molecule has 0 aromatic heterocycles. The van der Waals surface area contributed by atoms with Gasteiger partial charge in [0.2, 0.25) is 5.91 Å². The molecular formula is C24H32N2O. The highest BCUT2D eigenvalue weighted by atomic mass is 16.2. The van der Waals surface area contributed by atoms with Crippen LogP contribution in [-0.2, 0) is 4.79 Å². The monoisotopic (exact) mass is 364 g/mol. The molecule has 1 fully saturated rings. The summed E-state index contributed by atoms with van der Waals surface area (Å²) in [5.41, 5.74) is 3.96. The SMILES string of the molecule is Cc1ccc([C@H](c2ccccc2)N2CCN(C(=O)CC(C)(C)C)CC2)cc1. The van der Waals surface area contributed by atoms with Gasteiger partial charge in [0, 0.05) is 32.6 Å². The third-order valence-corrected chi connectivity index (χ3v) is 5.22. The highest BCUT2D eigenvalue weighted by Crippen LogP contribution is 2.30. The number of carbonyl (C=O) groups is 1. The summed E-state index contributed by atoms with van der Waals surface area (Å²) in [5.74, 6) is 0.286. The Morgan fingerprint density at radius 1 is 0.889 bits per heavy atom. The van der Waals surface area contributed by atoms with Crippen molar-refractivity contribution in [1.29, 1.82) is 0 Å². The molecule has 1 aliphatic rings. The first-order valence-electron chi connectivity index (χ1n) is 9.97. The van der Waals surface area contributed by atoms with Crippen LogP contribution in [-0.4, -0.2) is 41.9 Å². The summed E-state index contributed by atoms with van der Waals surface area (Å²) in [4.78, 5) is 17.1. The molecule has 1 aliphatic heterocycles. The molecule has 2 aromatic rings. The van der Waals surface area contributed by atoms with E-state index in [4.69, 9.17) is 0 Å². The zero-order valence-electron chi connectivity index (χ0n) is 17.1. The predicted molar refractivity (Wildman–Crippen MR) is 112 cm³/mol. The first-order chi connectivity index (χ1) is 12.8. The number of hydrogen-bond acceptors (Lipinski definition) is 2. The van der Waals surface area contributed by atoms with E-state index in [9.17, 15) is 4.79 Å². The van der Waals surface area contributed by atoms with E-state index in [0.29, 0.717) is 6.42 Å². The van der Waals surface area contributed by atoms with E-state index in [1.54, 1.807) is 0 Å². The Labute approximate surface area is 164 Å². The molecule has 0 N–H and O–H groups in total. The average molecular weight is 365 g/mol. The van der Waals surface area contributed by atoms with Crippen molar-refractivity contribution < 1.29 is 4.79 Å². The molecule has 1 heterocycles. The van der Waals surface area contributed by atoms with Crippen LogP contribution in [0.15, 0.2) is 54.6 Å². The minimum absolute atomic E-state index is 0.0443. The Morgan fingerprint density at radius 2 is 1.44 bits per heavy atom. The fraction of sp³-hybridized carbons (Fsp3) is 0.458. The maximum absolute atomic E-state index is 12.6. The van der Waals surface area contributed by atoms with Crippen molar-refractivity contribution in [1.82, 2.24) is 9.80 Å². The minimum Gasteiger partial charge on any atom is -0.340 e. The number of aryl methyl sites for hydroxylation is 1. The van der Waals surface area contributed by atoms with Crippen molar-refractivity contribution in [3.05, 3.63) is 71.3 Å². The number of nitrogens with zero attached hydrogens (tertiary/aromatic N) is 2. The van der Waals surface area contributed by atoms with Gasteiger partial charge in [-0.3, -0.25) is 9.69 Å². The van der Waals surface area contributed by atoms with Crippen LogP contribution in [0.1, 0.15) is 49.9 Å². The normalized spacial score (nSPS) is 17.0. The molecule has 144 valence electrons. The second-order valence-electron chi connectivity index (χ2n) is 8.88. The number of hydrogen-bond donors (Lipinski definition) is 0. The lowest BCUT2D eigenvalue weighted by Crippen LogP contribution is -2.50. The average Bonchev–Trinajstić information content (AvgIpc) is 2.64. The zero-order valence-corrected chi connectivity index (χ0v) is 17.1. The Kier molecular flexibility index (Phi) is 6.01. The Bertz CT molecular complexity index is 738. The maximum Gasteiger partial charge on any atom is 0.223 e. The molecule has 2 aromatic carbocycles. The van der Waals surface area contributed by atoms with Crippen LogP contribution < -0.4 is 0 Å². The molecule has 0 radical (unpaired) electrons. The second-order valence-corrected chi connectivity index (χ2v) is 8.88. The van der Waals surface area contributed by atoms with E-state index in [2.05, 4.69) is 87.2 Å². The lowest BCUT2D eigenvalue weighted by Gasteiger charge is -2.40. The summed E-state index contributed by atoms with van der Waals surface area (Å²) >= 11 is 0. The molecular weight excluding hydrogens is 332 g/mol. The summed E-state index contributed by atoms with van der Waals surface area (Å²) in [5, 5.41) is 0. The number of benzene rings is 2. The topological polar surface area (TPSA) is 23.6 Å². The van der Waals surface area contributed by atoms with Crippen LogP contribution in [0, 0.1) is 12.3 Å². The largest absolute Gasteiger partial charge is 0.340 e. The van der Waals surface area contributed by atoms with Crippen LogP contribution in [0.25, 0.3) is 0 Å². The quantitative estimate of drug-likeness (QED) is 0.787. The fourth-order valence-corrected chi connectivity index (χ4v) is 3.79. The minimum atomic E-state index is 0.0443. The van der Waals surface area contributed by atoms with Gasteiger partial charge in [0.05, 0.1) is 6.04 Å². The van der Waals surface area contributed by atoms with Gasteiger partial charge < -0.3 is 4.90 Å². The van der Waals surface area contributed by atoms with Crippen molar-refractivity contribution >= 4 is 5.91 Å². The summed E-state index contributed by atoms with van der Waals surface area (Å²) in [6, 6.07) is 19.8. The summed E-state index contributed by atoms with van der Waals surface area (Å²) in [6.45, 7) is 11.9. The van der Waals surface area contributed by atoms with E-state index in [1.165, 1.54) is 16.7 Å². The van der Waals surface area contributed by atoms with Gasteiger partial charge >= 0.3 is 0 Å². The molecule has 3 nitrogen and oxygen atoms in total. The lowest BCUT2D eigenvalue weighted by atomic mass is 9.91. The van der Waals surface area contributed by atoms with Crippen molar-refractivity contribution in [3.8, 4) is 0 Å². The molecule has 0 saturated carbocycles. The predicted octanol–water partition coefficient (Wildman–Crippen LogP) is 4.66. The molecule has 0 bridgehead atoms. The second kappa shape index (κ2) is 8.26. The van der Waals surface area contributed by atoms with E-state index in [1.807, 2.05) is 4.90 Å². The van der Waals surface area contributed by atoms with Crippen LogP contribution in [0.5, 0.6) is 0 Å². The first-order valence-corrected chi connectivity index (χ1v) is 9.97. The number of amides is 1. The Morgan fingerprint density at radius 3 is 2.00 bits per heavy atom. The molecule has 0 aliphatic carbocycles. The van der Waals surface area contributed by atoms with Gasteiger partial charge in [0.25, 0.3) is 0 Å². The van der Waals surface area contributed by atoms with E-state index < -0.39 is 0 Å². The summed E-state index contributed by atoms with van der Waals surface area (Å²) < 4.78 is 0. The van der Waals surface area contributed by atoms with Crippen LogP contribution in [0.4, 0.5) is 0 Å². The van der Waals surface area contributed by atoms with E-state index >= 15 is 0 Å². The van der Waals surface area contributed by atoms with E-state index in [-0.39, 0.29) is 17.4 Å². The van der Waals surface area contributed by atoms with Gasteiger partial charge in [-0.2, -0.15) is 0 Å². The maximum atomic E-state index is 12.6. The summed E-state index contributed by atoms with van der Waals surface area (Å²) in [6.07, 6.45) is 0.618. The Balaban J connectivity index is 1.75. The molecule has 1 amide bonds. The molecule has 3 heteroatoms. The van der Waals surface area contributed by atoms with Gasteiger partial charge in [0.15, 0.2) is 0 Å². The molecule has 0 unspecified atom stereocenters. The Hall–Kier alpha value is -2.13. The van der Waals surface area contributed by atoms with Crippen molar-refractivity contribution in [2.24, 2.45) is 5.41 Å². The molecule has 3 rings (SSSR count). The van der Waals surface area contributed by atoms with E-state index in [0.717, 1.165) is 26.2 Å². The van der Waals surface area contributed by atoms with Gasteiger partial charge in [-0.15, -0.1) is 0 Å². The van der Waals surface area contributed by atoms with Gasteiger partial charge in [0.1, 0.15) is 0 Å². The third-order valence-electron chi connectivity index (χ3n) is 5.22. The molecule has 27 heavy (non-hydrogen) atoms. The zero-order chi connectivity index (χ0) is 19.4. The first kappa shape index (κ1) is 19.6. The summed E-state index contributed by atoms with van der Waals surface area (Å²) in [7, 11) is 0. The smallest absolute Gasteiger partial charge is 0.223 e. The van der Waals surface area contributed by atoms with Crippen molar-refractivity contribution in [2.75, 3.05) is 26.2 Å². The molecule has 1 saturated heterocycles. The van der Waals surface area contributed by atoms with Crippen LogP contribution >= 0.6 is 0 Å². The standard InChI is InChI=1S/C24H32N2O/c1-19-10-12-21(13-11-19)23(20-8-6-5-7-9-20)26-16-14-25(15-17-26)22(27)18-24(2,3)4/h5-13,23H,14-18H2,1-4H3/t23-/m0/s1. The third kappa shape index (κ3) is 5.20. The fourth-order valence-electron chi connectivity index (χ4n) is 3.79. The van der Waals surface area contributed by atoms with Gasteiger partial charge in [-0.1, -0.05) is 80.9 Å². The van der Waals surface area contributed by atoms with Gasteiger partial charge in [-0.05, 0) is 23.5 Å². The molecule has 0 spiro atoms. The van der Waals surface area contributed by atoms with Gasteiger partial charge in [-0.25, -0.2) is 0 Å². The highest BCUT2D eigenvalue weighted by molar-refractivity contribution is 5.76. The number of carbonyl (C=O) groups excluding carboxylic acids is 1. The lowest BCUT2D eigenvalue weighted by molar-refractivity contribution is -0.135. The number of piperazine rings is 1.